The third-order valence-electron chi connectivity index (χ3n) is 13.1. The predicted molar refractivity (Wildman–Crippen MR) is 262 cm³/mol. The molecule has 376 valence electrons. The summed E-state index contributed by atoms with van der Waals surface area (Å²) in [4.78, 5) is 38.9. The van der Waals surface area contributed by atoms with Gasteiger partial charge in [0.1, 0.15) is 28.2 Å². The maximum atomic E-state index is 15.6. The summed E-state index contributed by atoms with van der Waals surface area (Å²) in [5.41, 5.74) is 3.73. The Morgan fingerprint density at radius 2 is 1.35 bits per heavy atom. The molecule has 4 heterocycles. The number of nitrogens with one attached hydrogen (secondary N) is 2. The summed E-state index contributed by atoms with van der Waals surface area (Å²) < 4.78 is 102. The van der Waals surface area contributed by atoms with Gasteiger partial charge in [-0.3, -0.25) is 24.4 Å². The van der Waals surface area contributed by atoms with Crippen LogP contribution in [0, 0.1) is 23.5 Å². The number of likely N-dealkylation sites (tertiary alicyclic amines) is 2. The smallest absolute Gasteiger partial charge is 0.267 e. The number of nitrogens with zero attached hydrogens (tertiary/aromatic N) is 4. The topological polar surface area (TPSA) is 186 Å². The Labute approximate surface area is 417 Å². The molecule has 71 heavy (non-hydrogen) atoms. The SMILES string of the molecule is CC(CCS(=O)(=O)NC(=O)c1cc(C2CC2)c(OCC2CN([C@@H](c3ccccc3)c3cccnc3)C2)cc1F)Oc1ncc(CN2CC(COc3cc(F)c(C(=O)NS(C)(=O)=O)cc3C3CC3)C2)cc1Cl. The highest BCUT2D eigenvalue weighted by atomic mass is 35.5. The van der Waals surface area contributed by atoms with E-state index in [1.54, 1.807) is 25.4 Å². The van der Waals surface area contributed by atoms with Crippen molar-refractivity contribution in [3.63, 3.8) is 0 Å². The van der Waals surface area contributed by atoms with Gasteiger partial charge in [-0.15, -0.1) is 0 Å². The van der Waals surface area contributed by atoms with Crippen molar-refractivity contribution in [2.75, 3.05) is 51.4 Å². The van der Waals surface area contributed by atoms with Crippen molar-refractivity contribution in [1.82, 2.24) is 29.2 Å². The molecule has 3 aromatic carbocycles. The van der Waals surface area contributed by atoms with E-state index in [4.69, 9.17) is 25.8 Å². The van der Waals surface area contributed by atoms with Crippen LogP contribution in [0.3, 0.4) is 0 Å². The molecule has 2 aliphatic carbocycles. The molecule has 9 rings (SSSR count). The number of sulfonamides is 2. The third-order valence-corrected chi connectivity index (χ3v) is 15.2. The molecule has 2 atom stereocenters. The molecule has 2 aliphatic heterocycles. The van der Waals surface area contributed by atoms with Gasteiger partial charge in [0.05, 0.1) is 48.5 Å². The lowest BCUT2D eigenvalue weighted by atomic mass is 9.91. The van der Waals surface area contributed by atoms with E-state index in [-0.39, 0.29) is 58.2 Å². The fourth-order valence-electron chi connectivity index (χ4n) is 9.15. The molecule has 1 unspecified atom stereocenters. The maximum absolute atomic E-state index is 15.6. The van der Waals surface area contributed by atoms with Crippen molar-refractivity contribution in [1.29, 1.82) is 0 Å². The maximum Gasteiger partial charge on any atom is 0.267 e. The van der Waals surface area contributed by atoms with Crippen LogP contribution < -0.4 is 23.7 Å². The van der Waals surface area contributed by atoms with E-state index in [0.717, 1.165) is 62.2 Å². The van der Waals surface area contributed by atoms with Crippen molar-refractivity contribution < 1.29 is 49.4 Å². The van der Waals surface area contributed by atoms with Crippen LogP contribution in [-0.2, 0) is 26.6 Å². The van der Waals surface area contributed by atoms with Crippen molar-refractivity contribution in [2.24, 2.45) is 11.8 Å². The summed E-state index contributed by atoms with van der Waals surface area (Å²) >= 11 is 6.55. The highest BCUT2D eigenvalue weighted by molar-refractivity contribution is 7.90. The summed E-state index contributed by atoms with van der Waals surface area (Å²) in [6.45, 7) is 5.78. The Morgan fingerprint density at radius 1 is 0.775 bits per heavy atom. The molecule has 15 nitrogen and oxygen atoms in total. The average molecular weight is 1030 g/mol. The number of rotatable bonds is 22. The van der Waals surface area contributed by atoms with Crippen molar-refractivity contribution in [2.45, 2.75) is 69.6 Å². The van der Waals surface area contributed by atoms with E-state index < -0.39 is 55.4 Å². The second kappa shape index (κ2) is 21.2. The Balaban J connectivity index is 0.716. The van der Waals surface area contributed by atoms with E-state index in [1.165, 1.54) is 23.8 Å². The zero-order chi connectivity index (χ0) is 50.0. The normalized spacial score (nSPS) is 17.6. The molecular weight excluding hydrogens is 978 g/mol. The number of amides is 2. The van der Waals surface area contributed by atoms with Gasteiger partial charge in [0, 0.05) is 75.3 Å². The largest absolute Gasteiger partial charge is 0.493 e. The molecule has 2 N–H and O–H groups in total. The number of benzene rings is 3. The lowest BCUT2D eigenvalue weighted by Crippen LogP contribution is -2.51. The Morgan fingerprint density at radius 3 is 1.90 bits per heavy atom. The molecule has 4 fully saturated rings. The Kier molecular flexibility index (Phi) is 15.0. The number of ether oxygens (including phenoxy) is 3. The van der Waals surface area contributed by atoms with E-state index in [1.807, 2.05) is 39.9 Å². The predicted octanol–water partition coefficient (Wildman–Crippen LogP) is 7.38. The van der Waals surface area contributed by atoms with Crippen LogP contribution in [-0.4, -0.2) is 106 Å². The van der Waals surface area contributed by atoms with Crippen LogP contribution in [0.1, 0.15) is 105 Å². The molecular formula is C51H55ClF2N6O9S2. The van der Waals surface area contributed by atoms with Crippen molar-refractivity contribution >= 4 is 43.5 Å². The van der Waals surface area contributed by atoms with Crippen molar-refractivity contribution in [3.8, 4) is 17.4 Å². The van der Waals surface area contributed by atoms with E-state index in [2.05, 4.69) is 38.0 Å². The number of aromatic nitrogens is 2. The molecule has 5 aromatic rings. The van der Waals surface area contributed by atoms with E-state index >= 15 is 4.39 Å². The van der Waals surface area contributed by atoms with Crippen LogP contribution in [0.4, 0.5) is 8.78 Å². The fourth-order valence-corrected chi connectivity index (χ4v) is 11.0. The van der Waals surface area contributed by atoms with Gasteiger partial charge in [-0.1, -0.05) is 48.0 Å². The van der Waals surface area contributed by atoms with Gasteiger partial charge >= 0.3 is 0 Å². The van der Waals surface area contributed by atoms with Crippen LogP contribution in [0.2, 0.25) is 5.02 Å². The molecule has 2 aromatic heterocycles. The Hall–Kier alpha value is -5.73. The summed E-state index contributed by atoms with van der Waals surface area (Å²) in [7, 11) is -8.06. The minimum Gasteiger partial charge on any atom is -0.493 e. The van der Waals surface area contributed by atoms with Gasteiger partial charge in [0.2, 0.25) is 25.9 Å². The van der Waals surface area contributed by atoms with Crippen LogP contribution in [0.5, 0.6) is 17.4 Å². The van der Waals surface area contributed by atoms with Gasteiger partial charge in [-0.25, -0.2) is 40.0 Å². The molecule has 0 bridgehead atoms. The van der Waals surface area contributed by atoms with Gasteiger partial charge in [0.15, 0.2) is 0 Å². The number of carbonyl (C=O) groups excluding carboxylic acids is 2. The van der Waals surface area contributed by atoms with Gasteiger partial charge in [-0.2, -0.15) is 0 Å². The second-order valence-corrected chi connectivity index (χ2v) is 23.2. The minimum absolute atomic E-state index is 0.0213. The first kappa shape index (κ1) is 50.2. The van der Waals surface area contributed by atoms with Gasteiger partial charge in [0.25, 0.3) is 11.8 Å². The minimum atomic E-state index is -4.20. The summed E-state index contributed by atoms with van der Waals surface area (Å²) in [5, 5.41) is 0.232. The number of pyridine rings is 2. The standard InChI is InChI=1S/C51H55ClF2N6O9S2/c1-31(69-51-43(52)17-32(22-56-51)24-59-25-33(26-59)29-67-46-20-44(53)41(18-39(46)35-10-11-35)49(61)57-70(2,63)64)14-16-71(65,66)58-50(62)42-19-40(36-12-13-36)47(21-45(42)54)68-30-34-27-60(28-34)48(37-7-4-3-5-8-37)38-9-6-15-55-23-38/h3-9,15,17-23,31,33-36,48H,10-14,16,24-30H2,1-2H3,(H,57,61)(H,58,62)/t31?,48-/m0/s1. The Bertz CT molecular complexity index is 2950. The highest BCUT2D eigenvalue weighted by Gasteiger charge is 2.37. The summed E-state index contributed by atoms with van der Waals surface area (Å²) in [5.74, 6) is -2.94. The number of hydrogen-bond donors (Lipinski definition) is 2. The number of hydrogen-bond acceptors (Lipinski definition) is 13. The molecule has 2 saturated heterocycles. The van der Waals surface area contributed by atoms with Gasteiger partial charge in [-0.05, 0) is 103 Å². The van der Waals surface area contributed by atoms with Crippen LogP contribution in [0.25, 0.3) is 0 Å². The fraction of sp³-hybridized carbons (Fsp3) is 0.412. The lowest BCUT2D eigenvalue weighted by molar-refractivity contribution is 0.0374. The van der Waals surface area contributed by atoms with E-state index in [9.17, 15) is 30.8 Å². The summed E-state index contributed by atoms with van der Waals surface area (Å²) in [6.07, 6.45) is 8.82. The van der Waals surface area contributed by atoms with E-state index in [0.29, 0.717) is 55.5 Å². The molecule has 4 aliphatic rings. The molecule has 2 saturated carbocycles. The quantitative estimate of drug-likeness (QED) is 0.0700. The first-order valence-electron chi connectivity index (χ1n) is 23.7. The number of halogens is 3. The first-order chi connectivity index (χ1) is 33.9. The molecule has 0 spiro atoms. The van der Waals surface area contributed by atoms with Crippen LogP contribution >= 0.6 is 11.6 Å². The monoisotopic (exact) mass is 1030 g/mol. The first-order valence-corrected chi connectivity index (χ1v) is 27.6. The summed E-state index contributed by atoms with van der Waals surface area (Å²) in [6, 6.07) is 21.1. The highest BCUT2D eigenvalue weighted by Crippen LogP contribution is 2.47. The zero-order valence-corrected chi connectivity index (χ0v) is 41.6. The van der Waals surface area contributed by atoms with Gasteiger partial charge < -0.3 is 14.2 Å². The molecule has 2 amide bonds. The molecule has 0 radical (unpaired) electrons. The van der Waals surface area contributed by atoms with Crippen LogP contribution in [0.15, 0.2) is 91.4 Å². The molecule has 20 heteroatoms. The number of carbonyl (C=O) groups is 2. The average Bonchev–Trinajstić information content (AvgIpc) is 4.24. The zero-order valence-electron chi connectivity index (χ0n) is 39.2. The van der Waals surface area contributed by atoms with Crippen molar-refractivity contribution in [3.05, 3.63) is 147 Å². The second-order valence-electron chi connectivity index (χ2n) is 19.2. The third kappa shape index (κ3) is 12.8. The lowest BCUT2D eigenvalue weighted by Gasteiger charge is -2.44.